The average Bonchev–Trinajstić information content (AvgIpc) is 1.92. The highest BCUT2D eigenvalue weighted by atomic mass is 35.5. The summed E-state index contributed by atoms with van der Waals surface area (Å²) >= 11 is 10.7. The van der Waals surface area contributed by atoms with E-state index in [2.05, 4.69) is 0 Å². The fourth-order valence-electron chi connectivity index (χ4n) is 0.773. The van der Waals surface area contributed by atoms with E-state index in [1.54, 1.807) is 0 Å². The molecule has 0 aliphatic heterocycles. The summed E-state index contributed by atoms with van der Waals surface area (Å²) in [7, 11) is 0. The lowest BCUT2D eigenvalue weighted by Crippen LogP contribution is -2.34. The summed E-state index contributed by atoms with van der Waals surface area (Å²) in [5, 5.41) is -0.500. The Kier molecular flexibility index (Phi) is 2.59. The smallest absolute Gasteiger partial charge is 0.445 e. The van der Waals surface area contributed by atoms with Gasteiger partial charge in [-0.05, 0) is 6.07 Å². The van der Waals surface area contributed by atoms with Crippen molar-refractivity contribution in [1.29, 1.82) is 0 Å². The van der Waals surface area contributed by atoms with E-state index in [9.17, 15) is 12.9 Å². The van der Waals surface area contributed by atoms with Crippen LogP contribution in [0.1, 0.15) is 0 Å². The monoisotopic (exact) mass is 213 g/mol. The fourth-order valence-corrected chi connectivity index (χ4v) is 1.20. The van der Waals surface area contributed by atoms with Crippen LogP contribution < -0.4 is 5.46 Å². The normalized spacial score (nSPS) is 11.8. The highest BCUT2D eigenvalue weighted by molar-refractivity contribution is 6.76. The molecule has 0 saturated carbocycles. The molecular weight excluding hydrogens is 211 g/mol. The topological polar surface area (TPSA) is 0 Å². The van der Waals surface area contributed by atoms with Gasteiger partial charge in [0.25, 0.3) is 0 Å². The van der Waals surface area contributed by atoms with Crippen LogP contribution in [0.3, 0.4) is 0 Å². The molecule has 0 nitrogen and oxygen atoms in total. The third-order valence-corrected chi connectivity index (χ3v) is 2.17. The zero-order chi connectivity index (χ0) is 9.35. The van der Waals surface area contributed by atoms with Crippen LogP contribution in [0.15, 0.2) is 18.2 Å². The van der Waals surface area contributed by atoms with Crippen molar-refractivity contribution < 1.29 is 12.9 Å². The minimum Gasteiger partial charge on any atom is -0.445 e. The predicted octanol–water partition coefficient (Wildman–Crippen LogP) is 3.05. The molecule has 0 bridgehead atoms. The molecule has 0 atom stereocenters. The van der Waals surface area contributed by atoms with Crippen LogP contribution >= 0.6 is 23.2 Å². The molecule has 0 amide bonds. The van der Waals surface area contributed by atoms with E-state index >= 15 is 0 Å². The Morgan fingerprint density at radius 3 is 2.08 bits per heavy atom. The number of benzene rings is 1. The molecule has 0 heterocycles. The first-order valence-corrected chi connectivity index (χ1v) is 3.82. The molecule has 0 unspecified atom stereocenters. The molecule has 1 rings (SSSR count). The van der Waals surface area contributed by atoms with Crippen molar-refractivity contribution in [1.82, 2.24) is 0 Å². The van der Waals surface area contributed by atoms with E-state index in [-0.39, 0.29) is 5.02 Å². The summed E-state index contributed by atoms with van der Waals surface area (Å²) in [6.45, 7) is -5.06. The standard InChI is InChI=1S/C6H3BCl2F3/c8-5-3-1-2-4(6(5)9)7(10,11)12/h1-3H/q-1. The molecule has 0 fully saturated rings. The molecule has 1 aromatic carbocycles. The van der Waals surface area contributed by atoms with Crippen LogP contribution in [0.2, 0.25) is 10.0 Å². The second kappa shape index (κ2) is 3.19. The number of halogens is 5. The number of hydrogen-bond acceptors (Lipinski definition) is 0. The van der Waals surface area contributed by atoms with E-state index < -0.39 is 17.5 Å². The van der Waals surface area contributed by atoms with E-state index in [4.69, 9.17) is 23.2 Å². The highest BCUT2D eigenvalue weighted by Crippen LogP contribution is 2.23. The Bertz CT molecular complexity index is 297. The molecule has 66 valence electrons. The summed E-state index contributed by atoms with van der Waals surface area (Å²) in [5.41, 5.74) is -0.843. The molecule has 12 heavy (non-hydrogen) atoms. The Hall–Kier alpha value is -0.345. The Labute approximate surface area is 77.3 Å². The quantitative estimate of drug-likeness (QED) is 0.630. The Morgan fingerprint density at radius 1 is 1.08 bits per heavy atom. The van der Waals surface area contributed by atoms with Gasteiger partial charge in [-0.3, -0.25) is 0 Å². The second-order valence-electron chi connectivity index (χ2n) is 2.22. The first-order valence-electron chi connectivity index (χ1n) is 3.07. The first kappa shape index (κ1) is 9.74. The van der Waals surface area contributed by atoms with Crippen molar-refractivity contribution in [3.8, 4) is 0 Å². The third kappa shape index (κ3) is 1.87. The van der Waals surface area contributed by atoms with Gasteiger partial charge in [-0.1, -0.05) is 40.8 Å². The number of hydrogen-bond donors (Lipinski definition) is 0. The van der Waals surface area contributed by atoms with E-state index in [0.717, 1.165) is 6.07 Å². The molecule has 0 aliphatic rings. The van der Waals surface area contributed by atoms with Gasteiger partial charge in [0.05, 0.1) is 5.02 Å². The molecule has 0 saturated heterocycles. The summed E-state index contributed by atoms with van der Waals surface area (Å²) in [6, 6.07) is 3.45. The van der Waals surface area contributed by atoms with E-state index in [1.165, 1.54) is 12.1 Å². The van der Waals surface area contributed by atoms with Crippen molar-refractivity contribution in [2.45, 2.75) is 0 Å². The van der Waals surface area contributed by atoms with Gasteiger partial charge in [-0.15, -0.1) is 0 Å². The van der Waals surface area contributed by atoms with Gasteiger partial charge in [0, 0.05) is 5.02 Å². The fraction of sp³-hybridized carbons (Fsp3) is 0. The van der Waals surface area contributed by atoms with E-state index in [1.807, 2.05) is 0 Å². The highest BCUT2D eigenvalue weighted by Gasteiger charge is 2.28. The van der Waals surface area contributed by atoms with Crippen LogP contribution in [0.4, 0.5) is 12.9 Å². The van der Waals surface area contributed by atoms with Gasteiger partial charge in [-0.25, -0.2) is 0 Å². The minimum absolute atomic E-state index is 0.0756. The third-order valence-electron chi connectivity index (χ3n) is 1.33. The van der Waals surface area contributed by atoms with Crippen LogP contribution in [0.5, 0.6) is 0 Å². The Morgan fingerprint density at radius 2 is 1.67 bits per heavy atom. The summed E-state index contributed by atoms with van der Waals surface area (Å²) < 4.78 is 36.4. The van der Waals surface area contributed by atoms with Crippen molar-refractivity contribution in [2.75, 3.05) is 0 Å². The maximum absolute atomic E-state index is 12.1. The molecule has 0 spiro atoms. The van der Waals surface area contributed by atoms with Gasteiger partial charge in [-0.2, -0.15) is 0 Å². The van der Waals surface area contributed by atoms with Crippen LogP contribution in [0, 0.1) is 0 Å². The molecule has 0 radical (unpaired) electrons. The van der Waals surface area contributed by atoms with Gasteiger partial charge >= 0.3 is 6.98 Å². The lowest BCUT2D eigenvalue weighted by atomic mass is 9.80. The molecule has 1 aromatic rings. The number of rotatable bonds is 1. The van der Waals surface area contributed by atoms with Crippen LogP contribution in [-0.4, -0.2) is 6.98 Å². The average molecular weight is 214 g/mol. The van der Waals surface area contributed by atoms with Gasteiger partial charge in [0.2, 0.25) is 0 Å². The minimum atomic E-state index is -5.06. The molecule has 0 aliphatic carbocycles. The maximum Gasteiger partial charge on any atom is 0.511 e. The van der Waals surface area contributed by atoms with Crippen molar-refractivity contribution in [2.24, 2.45) is 0 Å². The first-order chi connectivity index (χ1) is 5.43. The second-order valence-corrected chi connectivity index (χ2v) is 3.00. The zero-order valence-corrected chi connectivity index (χ0v) is 7.21. The summed E-state index contributed by atoms with van der Waals surface area (Å²) in [5.74, 6) is 0. The lowest BCUT2D eigenvalue weighted by Gasteiger charge is -2.16. The molecule has 0 N–H and O–H groups in total. The summed E-state index contributed by atoms with van der Waals surface area (Å²) in [4.78, 5) is 0. The SMILES string of the molecule is F[B-](F)(F)c1cccc(Cl)c1Cl. The van der Waals surface area contributed by atoms with Gasteiger partial charge in [0.1, 0.15) is 0 Å². The lowest BCUT2D eigenvalue weighted by molar-refractivity contribution is 0.501. The zero-order valence-electron chi connectivity index (χ0n) is 5.70. The Balaban J connectivity index is 3.26. The van der Waals surface area contributed by atoms with Crippen molar-refractivity contribution in [3.63, 3.8) is 0 Å². The van der Waals surface area contributed by atoms with E-state index in [0.29, 0.717) is 0 Å². The van der Waals surface area contributed by atoms with Crippen molar-refractivity contribution in [3.05, 3.63) is 28.2 Å². The predicted molar refractivity (Wildman–Crippen MR) is 45.2 cm³/mol. The van der Waals surface area contributed by atoms with Gasteiger partial charge < -0.3 is 12.9 Å². The largest absolute Gasteiger partial charge is 0.511 e. The molecular formula is C6H3BCl2F3-. The molecule has 0 aromatic heterocycles. The summed E-state index contributed by atoms with van der Waals surface area (Å²) in [6.07, 6.45) is 0. The van der Waals surface area contributed by atoms with Gasteiger partial charge in [0.15, 0.2) is 0 Å². The maximum atomic E-state index is 12.1. The van der Waals surface area contributed by atoms with Crippen LogP contribution in [0.25, 0.3) is 0 Å². The molecule has 6 heteroatoms. The van der Waals surface area contributed by atoms with Crippen LogP contribution in [-0.2, 0) is 0 Å². The van der Waals surface area contributed by atoms with Crippen molar-refractivity contribution >= 4 is 35.6 Å².